The Hall–Kier alpha value is -3.90. The van der Waals surface area contributed by atoms with Gasteiger partial charge in [0, 0.05) is 19.2 Å². The summed E-state index contributed by atoms with van der Waals surface area (Å²) in [5.41, 5.74) is 4.59. The van der Waals surface area contributed by atoms with Crippen LogP contribution in [0.2, 0.25) is 0 Å². The van der Waals surface area contributed by atoms with Crippen LogP contribution in [0.3, 0.4) is 0 Å². The smallest absolute Gasteiger partial charge is 0.295 e. The summed E-state index contributed by atoms with van der Waals surface area (Å²) in [6.45, 7) is 9.34. The molecule has 0 aliphatic carbocycles. The minimum atomic E-state index is -0.712. The van der Waals surface area contributed by atoms with E-state index >= 15 is 0 Å². The molecule has 0 unspecified atom stereocenters. The molecular formula is C32H35NO5. The summed E-state index contributed by atoms with van der Waals surface area (Å²) >= 11 is 0. The van der Waals surface area contributed by atoms with Gasteiger partial charge in [0.1, 0.15) is 18.1 Å². The van der Waals surface area contributed by atoms with Crippen LogP contribution < -0.4 is 4.74 Å². The largest absolute Gasteiger partial charge is 0.507 e. The summed E-state index contributed by atoms with van der Waals surface area (Å²) in [7, 11) is 1.55. The quantitative estimate of drug-likeness (QED) is 0.229. The zero-order chi connectivity index (χ0) is 27.4. The van der Waals surface area contributed by atoms with Gasteiger partial charge >= 0.3 is 0 Å². The SMILES string of the molecule is COCCN1C(=O)C(=O)C(=C(O)c2ccc(OCc3cccc(C)c3)cc2)[C@H]1c1ccc(C(C)(C)C)cc1. The van der Waals surface area contributed by atoms with Crippen LogP contribution in [0.25, 0.3) is 5.76 Å². The molecule has 1 aliphatic rings. The molecule has 0 saturated carbocycles. The van der Waals surface area contributed by atoms with Crippen molar-refractivity contribution in [2.75, 3.05) is 20.3 Å². The lowest BCUT2D eigenvalue weighted by Crippen LogP contribution is -2.32. The molecule has 1 fully saturated rings. The van der Waals surface area contributed by atoms with Crippen molar-refractivity contribution in [3.63, 3.8) is 0 Å². The van der Waals surface area contributed by atoms with Crippen LogP contribution in [0.15, 0.2) is 78.4 Å². The molecule has 1 atom stereocenters. The first-order valence-electron chi connectivity index (χ1n) is 12.8. The molecule has 1 N–H and O–H groups in total. The molecule has 0 spiro atoms. The molecule has 1 heterocycles. The van der Waals surface area contributed by atoms with Crippen LogP contribution in [-0.2, 0) is 26.3 Å². The predicted molar refractivity (Wildman–Crippen MR) is 148 cm³/mol. The van der Waals surface area contributed by atoms with Crippen molar-refractivity contribution in [3.05, 3.63) is 106 Å². The number of methoxy groups -OCH3 is 1. The Morgan fingerprint density at radius 2 is 1.66 bits per heavy atom. The van der Waals surface area contributed by atoms with Crippen molar-refractivity contribution >= 4 is 17.4 Å². The average Bonchev–Trinajstić information content (AvgIpc) is 3.15. The predicted octanol–water partition coefficient (Wildman–Crippen LogP) is 5.94. The second kappa shape index (κ2) is 11.2. The highest BCUT2D eigenvalue weighted by Gasteiger charge is 2.45. The van der Waals surface area contributed by atoms with E-state index in [0.717, 1.165) is 22.3 Å². The fourth-order valence-corrected chi connectivity index (χ4v) is 4.65. The minimum absolute atomic E-state index is 0.0421. The Kier molecular flexibility index (Phi) is 8.02. The van der Waals surface area contributed by atoms with Gasteiger partial charge in [-0.2, -0.15) is 0 Å². The number of Topliss-reactive ketones (excluding diaryl/α,β-unsaturated/α-hetero) is 1. The first-order chi connectivity index (χ1) is 18.1. The number of hydrogen-bond acceptors (Lipinski definition) is 5. The average molecular weight is 514 g/mol. The van der Waals surface area contributed by atoms with Gasteiger partial charge in [-0.1, -0.05) is 74.9 Å². The molecule has 0 bridgehead atoms. The van der Waals surface area contributed by atoms with Gasteiger partial charge in [-0.3, -0.25) is 9.59 Å². The molecule has 3 aromatic carbocycles. The number of carbonyl (C=O) groups is 2. The van der Waals surface area contributed by atoms with Crippen molar-refractivity contribution in [2.45, 2.75) is 45.8 Å². The molecule has 6 nitrogen and oxygen atoms in total. The van der Waals surface area contributed by atoms with E-state index in [9.17, 15) is 14.7 Å². The van der Waals surface area contributed by atoms with Crippen LogP contribution in [0, 0.1) is 6.92 Å². The van der Waals surface area contributed by atoms with Crippen LogP contribution in [-0.4, -0.2) is 42.0 Å². The van der Waals surface area contributed by atoms with Gasteiger partial charge < -0.3 is 19.5 Å². The first-order valence-corrected chi connectivity index (χ1v) is 12.8. The summed E-state index contributed by atoms with van der Waals surface area (Å²) in [6.07, 6.45) is 0. The summed E-state index contributed by atoms with van der Waals surface area (Å²) in [5.74, 6) is -0.925. The lowest BCUT2D eigenvalue weighted by Gasteiger charge is -2.26. The summed E-state index contributed by atoms with van der Waals surface area (Å²) in [4.78, 5) is 27.7. The number of aryl methyl sites for hydroxylation is 1. The van der Waals surface area contributed by atoms with Crippen molar-refractivity contribution in [3.8, 4) is 5.75 Å². The second-order valence-electron chi connectivity index (χ2n) is 10.7. The summed E-state index contributed by atoms with van der Waals surface area (Å²) in [6, 6.07) is 22.1. The number of carbonyl (C=O) groups excluding carboxylic acids is 2. The molecule has 4 rings (SSSR count). The highest BCUT2D eigenvalue weighted by molar-refractivity contribution is 6.46. The van der Waals surface area contributed by atoms with E-state index in [1.807, 2.05) is 49.4 Å². The van der Waals surface area contributed by atoms with E-state index in [-0.39, 0.29) is 29.9 Å². The summed E-state index contributed by atoms with van der Waals surface area (Å²) in [5, 5.41) is 11.3. The van der Waals surface area contributed by atoms with Gasteiger partial charge in [-0.15, -0.1) is 0 Å². The van der Waals surface area contributed by atoms with E-state index in [2.05, 4.69) is 26.8 Å². The molecule has 1 aliphatic heterocycles. The maximum Gasteiger partial charge on any atom is 0.295 e. The Balaban J connectivity index is 1.65. The highest BCUT2D eigenvalue weighted by atomic mass is 16.5. The number of benzene rings is 3. The van der Waals surface area contributed by atoms with E-state index in [1.165, 1.54) is 4.90 Å². The van der Waals surface area contributed by atoms with Gasteiger partial charge in [0.2, 0.25) is 0 Å². The van der Waals surface area contributed by atoms with E-state index in [1.54, 1.807) is 31.4 Å². The molecule has 198 valence electrons. The van der Waals surface area contributed by atoms with E-state index < -0.39 is 17.7 Å². The van der Waals surface area contributed by atoms with Crippen molar-refractivity contribution < 1.29 is 24.2 Å². The number of nitrogens with zero attached hydrogens (tertiary/aromatic N) is 1. The lowest BCUT2D eigenvalue weighted by molar-refractivity contribution is -0.140. The lowest BCUT2D eigenvalue weighted by atomic mass is 9.85. The second-order valence-corrected chi connectivity index (χ2v) is 10.7. The van der Waals surface area contributed by atoms with Gasteiger partial charge in [0.05, 0.1) is 18.2 Å². The molecule has 3 aromatic rings. The Bertz CT molecular complexity index is 1330. The number of likely N-dealkylation sites (tertiary alicyclic amines) is 1. The van der Waals surface area contributed by atoms with Gasteiger partial charge in [-0.25, -0.2) is 0 Å². The number of aliphatic hydroxyl groups excluding tert-OH is 1. The molecule has 1 amide bonds. The third kappa shape index (κ3) is 5.81. The fourth-order valence-electron chi connectivity index (χ4n) is 4.65. The van der Waals surface area contributed by atoms with Gasteiger partial charge in [0.25, 0.3) is 11.7 Å². The standard InChI is InChI=1S/C32H35NO5/c1-21-7-6-8-22(19-21)20-38-26-15-11-24(12-16-26)29(34)27-28(33(17-18-37-5)31(36)30(27)35)23-9-13-25(14-10-23)32(2,3)4/h6-16,19,28,34H,17-18,20H2,1-5H3/t28-/m1/s1. The molecule has 0 radical (unpaired) electrons. The Morgan fingerprint density at radius 1 is 0.974 bits per heavy atom. The van der Waals surface area contributed by atoms with Gasteiger partial charge in [0.15, 0.2) is 0 Å². The summed E-state index contributed by atoms with van der Waals surface area (Å²) < 4.78 is 11.1. The molecule has 38 heavy (non-hydrogen) atoms. The number of aliphatic hydroxyl groups is 1. The van der Waals surface area contributed by atoms with Crippen molar-refractivity contribution in [1.29, 1.82) is 0 Å². The van der Waals surface area contributed by atoms with Gasteiger partial charge in [-0.05, 0) is 53.3 Å². The first kappa shape index (κ1) is 27.1. The maximum atomic E-state index is 13.2. The molecule has 6 heteroatoms. The number of hydrogen-bond donors (Lipinski definition) is 1. The fraction of sp³-hybridized carbons (Fsp3) is 0.312. The zero-order valence-electron chi connectivity index (χ0n) is 22.7. The Labute approximate surface area is 224 Å². The van der Waals surface area contributed by atoms with Crippen LogP contribution in [0.1, 0.15) is 54.6 Å². The Morgan fingerprint density at radius 3 is 2.26 bits per heavy atom. The monoisotopic (exact) mass is 513 g/mol. The van der Waals surface area contributed by atoms with Crippen LogP contribution in [0.5, 0.6) is 5.75 Å². The zero-order valence-corrected chi connectivity index (χ0v) is 22.7. The molecule has 0 aromatic heterocycles. The van der Waals surface area contributed by atoms with Crippen molar-refractivity contribution in [1.82, 2.24) is 4.90 Å². The van der Waals surface area contributed by atoms with Crippen LogP contribution >= 0.6 is 0 Å². The highest BCUT2D eigenvalue weighted by Crippen LogP contribution is 2.40. The number of ketones is 1. The topological polar surface area (TPSA) is 76.1 Å². The number of rotatable bonds is 8. The van der Waals surface area contributed by atoms with Crippen LogP contribution in [0.4, 0.5) is 0 Å². The van der Waals surface area contributed by atoms with E-state index in [4.69, 9.17) is 9.47 Å². The molecular weight excluding hydrogens is 478 g/mol. The third-order valence-corrected chi connectivity index (χ3v) is 6.78. The molecule has 1 saturated heterocycles. The normalized spacial score (nSPS) is 17.2. The minimum Gasteiger partial charge on any atom is -0.507 e. The number of amides is 1. The van der Waals surface area contributed by atoms with E-state index in [0.29, 0.717) is 17.9 Å². The number of ether oxygens (including phenoxy) is 2. The maximum absolute atomic E-state index is 13.2. The van der Waals surface area contributed by atoms with Crippen molar-refractivity contribution in [2.24, 2.45) is 0 Å². The third-order valence-electron chi connectivity index (χ3n) is 6.78.